The average Bonchev–Trinajstić information content (AvgIpc) is 2.71. The maximum atomic E-state index is 12.4. The fraction of sp³-hybridized carbons (Fsp3) is 0.130. The highest BCUT2D eigenvalue weighted by Gasteiger charge is 2.23. The van der Waals surface area contributed by atoms with E-state index in [4.69, 9.17) is 5.73 Å². The van der Waals surface area contributed by atoms with Gasteiger partial charge in [0.05, 0.1) is 10.9 Å². The van der Waals surface area contributed by atoms with E-state index in [2.05, 4.69) is 23.3 Å². The number of anilines is 3. The normalized spacial score (nSPS) is 14.6. The highest BCUT2D eigenvalue weighted by molar-refractivity contribution is 8.00. The number of amides is 2. The standard InChI is InChI=1S/C17H16N2O2S2.C6H7N/c1-9-7-12(22)4-5-13(9)18-17(21)11-3-6-15-14(8-11)19-16(20)10(2)23-15;7-6-4-2-1-3-5-6/h3-8,10,22H,1-2H3,(H,18,21)(H,19,20);1-5H,7H2. The third-order valence-corrected chi connectivity index (χ3v) is 5.89. The number of hydrogen-bond donors (Lipinski definition) is 4. The van der Waals surface area contributed by atoms with Crippen LogP contribution >= 0.6 is 24.4 Å². The Kier molecular flexibility index (Phi) is 7.07. The number of carbonyl (C=O) groups excluding carboxylic acids is 2. The molecule has 0 saturated carbocycles. The molecule has 1 heterocycles. The second-order valence-electron chi connectivity index (χ2n) is 6.82. The van der Waals surface area contributed by atoms with Crippen molar-refractivity contribution < 1.29 is 9.59 Å². The number of thiol groups is 1. The molecule has 30 heavy (non-hydrogen) atoms. The Morgan fingerprint density at radius 3 is 2.47 bits per heavy atom. The molecule has 1 aliphatic rings. The first kappa shape index (κ1) is 21.8. The first-order valence-corrected chi connectivity index (χ1v) is 10.7. The molecule has 154 valence electrons. The molecule has 0 saturated heterocycles. The Bertz CT molecular complexity index is 1070. The molecular formula is C23H23N3O2S2. The third kappa shape index (κ3) is 5.58. The van der Waals surface area contributed by atoms with Gasteiger partial charge in [-0.2, -0.15) is 0 Å². The molecule has 0 fully saturated rings. The van der Waals surface area contributed by atoms with Gasteiger partial charge in [0.2, 0.25) is 5.91 Å². The van der Waals surface area contributed by atoms with Crippen LogP contribution in [0.25, 0.3) is 0 Å². The van der Waals surface area contributed by atoms with Crippen LogP contribution in [0.5, 0.6) is 0 Å². The molecule has 0 radical (unpaired) electrons. The SMILES string of the molecule is Cc1cc(S)ccc1NC(=O)c1ccc2c(c1)NC(=O)C(C)S2.Nc1ccccc1. The van der Waals surface area contributed by atoms with Gasteiger partial charge in [0, 0.05) is 26.7 Å². The number of hydrogen-bond acceptors (Lipinski definition) is 5. The Morgan fingerprint density at radius 1 is 1.10 bits per heavy atom. The van der Waals surface area contributed by atoms with Crippen LogP contribution < -0.4 is 16.4 Å². The Hall–Kier alpha value is -2.90. The van der Waals surface area contributed by atoms with Crippen molar-refractivity contribution in [2.75, 3.05) is 16.4 Å². The summed E-state index contributed by atoms with van der Waals surface area (Å²) >= 11 is 5.77. The summed E-state index contributed by atoms with van der Waals surface area (Å²) in [5.41, 5.74) is 9.07. The van der Waals surface area contributed by atoms with Crippen molar-refractivity contribution in [3.05, 3.63) is 77.9 Å². The molecule has 7 heteroatoms. The van der Waals surface area contributed by atoms with E-state index in [0.717, 1.165) is 26.7 Å². The zero-order valence-corrected chi connectivity index (χ0v) is 18.4. The van der Waals surface area contributed by atoms with Crippen molar-refractivity contribution in [1.82, 2.24) is 0 Å². The number of thioether (sulfide) groups is 1. The second kappa shape index (κ2) is 9.73. The number of nitrogens with two attached hydrogens (primary N) is 1. The fourth-order valence-corrected chi connectivity index (χ4v) is 3.98. The molecule has 2 amide bonds. The highest BCUT2D eigenvalue weighted by atomic mass is 32.2. The van der Waals surface area contributed by atoms with Gasteiger partial charge in [-0.1, -0.05) is 18.2 Å². The summed E-state index contributed by atoms with van der Waals surface area (Å²) in [5.74, 6) is -0.249. The van der Waals surface area contributed by atoms with Crippen molar-refractivity contribution in [2.24, 2.45) is 0 Å². The van der Waals surface area contributed by atoms with E-state index in [-0.39, 0.29) is 17.1 Å². The summed E-state index contributed by atoms with van der Waals surface area (Å²) < 4.78 is 0. The summed E-state index contributed by atoms with van der Waals surface area (Å²) in [6, 6.07) is 20.4. The van der Waals surface area contributed by atoms with E-state index in [9.17, 15) is 9.59 Å². The van der Waals surface area contributed by atoms with Gasteiger partial charge in [0.1, 0.15) is 0 Å². The zero-order valence-electron chi connectivity index (χ0n) is 16.7. The molecule has 0 bridgehead atoms. The van der Waals surface area contributed by atoms with Crippen molar-refractivity contribution in [1.29, 1.82) is 0 Å². The van der Waals surface area contributed by atoms with Crippen LogP contribution in [-0.2, 0) is 4.79 Å². The summed E-state index contributed by atoms with van der Waals surface area (Å²) in [5, 5.41) is 5.61. The summed E-state index contributed by atoms with van der Waals surface area (Å²) in [6.07, 6.45) is 0. The highest BCUT2D eigenvalue weighted by Crippen LogP contribution is 2.36. The summed E-state index contributed by atoms with van der Waals surface area (Å²) in [6.45, 7) is 3.78. The predicted molar refractivity (Wildman–Crippen MR) is 128 cm³/mol. The number of nitrogen functional groups attached to an aromatic ring is 1. The van der Waals surface area contributed by atoms with Crippen molar-refractivity contribution >= 4 is 53.3 Å². The molecule has 0 aliphatic carbocycles. The van der Waals surface area contributed by atoms with Gasteiger partial charge in [-0.25, -0.2) is 0 Å². The number of fused-ring (bicyclic) bond motifs is 1. The molecule has 3 aromatic rings. The number of nitrogens with one attached hydrogen (secondary N) is 2. The molecule has 1 aliphatic heterocycles. The Balaban J connectivity index is 0.000000310. The zero-order chi connectivity index (χ0) is 21.7. The van der Waals surface area contributed by atoms with Crippen LogP contribution in [0, 0.1) is 6.92 Å². The maximum absolute atomic E-state index is 12.4. The minimum Gasteiger partial charge on any atom is -0.399 e. The third-order valence-electron chi connectivity index (χ3n) is 4.43. The van der Waals surface area contributed by atoms with Crippen LogP contribution in [0.3, 0.4) is 0 Å². The van der Waals surface area contributed by atoms with E-state index in [1.807, 2.05) is 68.4 Å². The first-order chi connectivity index (χ1) is 14.3. The van der Waals surface area contributed by atoms with Gasteiger partial charge in [-0.05, 0) is 67.9 Å². The van der Waals surface area contributed by atoms with Gasteiger partial charge >= 0.3 is 0 Å². The van der Waals surface area contributed by atoms with E-state index in [0.29, 0.717) is 11.3 Å². The maximum Gasteiger partial charge on any atom is 0.255 e. The lowest BCUT2D eigenvalue weighted by atomic mass is 10.1. The van der Waals surface area contributed by atoms with Crippen LogP contribution in [0.2, 0.25) is 0 Å². The minimum atomic E-state index is -0.208. The topological polar surface area (TPSA) is 84.2 Å². The summed E-state index contributed by atoms with van der Waals surface area (Å²) in [4.78, 5) is 26.0. The van der Waals surface area contributed by atoms with E-state index in [1.165, 1.54) is 11.8 Å². The molecule has 1 unspecified atom stereocenters. The summed E-state index contributed by atoms with van der Waals surface area (Å²) in [7, 11) is 0. The lowest BCUT2D eigenvalue weighted by molar-refractivity contribution is -0.115. The Labute approximate surface area is 185 Å². The van der Waals surface area contributed by atoms with Crippen LogP contribution in [0.4, 0.5) is 17.1 Å². The van der Waals surface area contributed by atoms with Crippen molar-refractivity contribution in [3.8, 4) is 0 Å². The second-order valence-corrected chi connectivity index (χ2v) is 8.72. The smallest absolute Gasteiger partial charge is 0.255 e. The van der Waals surface area contributed by atoms with Crippen LogP contribution in [-0.4, -0.2) is 17.1 Å². The largest absolute Gasteiger partial charge is 0.399 e. The lowest BCUT2D eigenvalue weighted by Gasteiger charge is -2.21. The predicted octanol–water partition coefficient (Wildman–Crippen LogP) is 5.24. The lowest BCUT2D eigenvalue weighted by Crippen LogP contribution is -2.26. The fourth-order valence-electron chi connectivity index (χ4n) is 2.79. The molecule has 0 aromatic heterocycles. The first-order valence-electron chi connectivity index (χ1n) is 9.36. The van der Waals surface area contributed by atoms with Gasteiger partial charge in [0.25, 0.3) is 5.91 Å². The van der Waals surface area contributed by atoms with Gasteiger partial charge in [-0.15, -0.1) is 24.4 Å². The van der Waals surface area contributed by atoms with Crippen molar-refractivity contribution in [2.45, 2.75) is 28.9 Å². The quantitative estimate of drug-likeness (QED) is 0.326. The molecule has 5 nitrogen and oxygen atoms in total. The van der Waals surface area contributed by atoms with E-state index in [1.54, 1.807) is 12.1 Å². The van der Waals surface area contributed by atoms with Gasteiger partial charge < -0.3 is 16.4 Å². The van der Waals surface area contributed by atoms with Gasteiger partial charge in [0.15, 0.2) is 0 Å². The molecule has 3 aromatic carbocycles. The molecular weight excluding hydrogens is 414 g/mol. The number of carbonyl (C=O) groups is 2. The minimum absolute atomic E-state index is 0.0414. The average molecular weight is 438 g/mol. The van der Waals surface area contributed by atoms with Crippen LogP contribution in [0.1, 0.15) is 22.8 Å². The molecule has 0 spiro atoms. The number of rotatable bonds is 2. The molecule has 4 N–H and O–H groups in total. The number of aryl methyl sites for hydroxylation is 1. The van der Waals surface area contributed by atoms with Crippen LogP contribution in [0.15, 0.2) is 76.5 Å². The van der Waals surface area contributed by atoms with E-state index < -0.39 is 0 Å². The number of para-hydroxylation sites is 1. The molecule has 1 atom stereocenters. The Morgan fingerprint density at radius 2 is 1.83 bits per heavy atom. The monoisotopic (exact) mass is 437 g/mol. The number of benzene rings is 3. The van der Waals surface area contributed by atoms with E-state index >= 15 is 0 Å². The molecule has 4 rings (SSSR count). The van der Waals surface area contributed by atoms with Gasteiger partial charge in [-0.3, -0.25) is 9.59 Å². The van der Waals surface area contributed by atoms with Crippen molar-refractivity contribution in [3.63, 3.8) is 0 Å².